The predicted molar refractivity (Wildman–Crippen MR) is 89.8 cm³/mol. The van der Waals surface area contributed by atoms with Crippen molar-refractivity contribution in [3.8, 4) is 0 Å². The molecule has 0 aliphatic heterocycles. The van der Waals surface area contributed by atoms with E-state index >= 15 is 0 Å². The number of benzene rings is 2. The normalized spacial score (nSPS) is 11.9. The Kier molecular flexibility index (Phi) is 4.52. The average Bonchev–Trinajstić information content (AvgIpc) is 3.00. The highest BCUT2D eigenvalue weighted by Crippen LogP contribution is 2.20. The van der Waals surface area contributed by atoms with Crippen molar-refractivity contribution in [1.82, 2.24) is 14.9 Å². The SMILES string of the molecule is Cn1ccnc1[C@@H](NC(=O)Cc1ccccc1)c1ccccc1. The number of carbonyl (C=O) groups is 1. The predicted octanol–water partition coefficient (Wildman–Crippen LogP) is 2.87. The molecule has 0 fully saturated rings. The molecule has 2 aromatic carbocycles. The minimum Gasteiger partial charge on any atom is -0.342 e. The number of nitrogens with one attached hydrogen (secondary N) is 1. The lowest BCUT2D eigenvalue weighted by Gasteiger charge is -2.19. The molecule has 0 aliphatic carbocycles. The number of amides is 1. The van der Waals surface area contributed by atoms with Gasteiger partial charge in [0.25, 0.3) is 0 Å². The first kappa shape index (κ1) is 15.0. The summed E-state index contributed by atoms with van der Waals surface area (Å²) in [5, 5.41) is 3.10. The van der Waals surface area contributed by atoms with E-state index < -0.39 is 0 Å². The topological polar surface area (TPSA) is 46.9 Å². The molecule has 1 atom stereocenters. The van der Waals surface area contributed by atoms with E-state index in [9.17, 15) is 4.79 Å². The van der Waals surface area contributed by atoms with Gasteiger partial charge in [-0.05, 0) is 11.1 Å². The molecule has 0 saturated heterocycles. The van der Waals surface area contributed by atoms with Gasteiger partial charge in [-0.3, -0.25) is 4.79 Å². The molecule has 4 heteroatoms. The van der Waals surface area contributed by atoms with Gasteiger partial charge in [0.1, 0.15) is 11.9 Å². The molecule has 1 N–H and O–H groups in total. The number of carbonyl (C=O) groups excluding carboxylic acids is 1. The summed E-state index contributed by atoms with van der Waals surface area (Å²) in [5.74, 6) is 0.797. The molecule has 0 aliphatic rings. The van der Waals surface area contributed by atoms with Crippen molar-refractivity contribution in [2.45, 2.75) is 12.5 Å². The lowest BCUT2D eigenvalue weighted by molar-refractivity contribution is -0.121. The Labute approximate surface area is 135 Å². The Hall–Kier alpha value is -2.88. The quantitative estimate of drug-likeness (QED) is 0.788. The van der Waals surface area contributed by atoms with Crippen LogP contribution in [0.3, 0.4) is 0 Å². The van der Waals surface area contributed by atoms with Crippen molar-refractivity contribution in [3.05, 3.63) is 90.0 Å². The second-order valence-corrected chi connectivity index (χ2v) is 5.47. The van der Waals surface area contributed by atoms with Crippen LogP contribution in [-0.2, 0) is 18.3 Å². The highest BCUT2D eigenvalue weighted by atomic mass is 16.1. The van der Waals surface area contributed by atoms with Crippen molar-refractivity contribution >= 4 is 5.91 Å². The van der Waals surface area contributed by atoms with Gasteiger partial charge in [-0.1, -0.05) is 60.7 Å². The maximum atomic E-state index is 12.5. The Balaban J connectivity index is 1.82. The maximum Gasteiger partial charge on any atom is 0.225 e. The molecule has 0 radical (unpaired) electrons. The van der Waals surface area contributed by atoms with E-state index in [1.54, 1.807) is 6.20 Å². The summed E-state index contributed by atoms with van der Waals surface area (Å²) < 4.78 is 1.93. The van der Waals surface area contributed by atoms with Crippen molar-refractivity contribution in [1.29, 1.82) is 0 Å². The molecule has 1 heterocycles. The van der Waals surface area contributed by atoms with Crippen LogP contribution < -0.4 is 5.32 Å². The summed E-state index contributed by atoms with van der Waals surface area (Å²) in [6.07, 6.45) is 3.98. The van der Waals surface area contributed by atoms with Crippen LogP contribution in [0.1, 0.15) is 23.0 Å². The smallest absolute Gasteiger partial charge is 0.225 e. The Morgan fingerprint density at radius 2 is 1.74 bits per heavy atom. The third-order valence-corrected chi connectivity index (χ3v) is 3.76. The molecule has 23 heavy (non-hydrogen) atoms. The Morgan fingerprint density at radius 3 is 2.35 bits per heavy atom. The molecule has 0 saturated carbocycles. The second kappa shape index (κ2) is 6.92. The van der Waals surface area contributed by atoms with Crippen LogP contribution in [-0.4, -0.2) is 15.5 Å². The van der Waals surface area contributed by atoms with Gasteiger partial charge in [-0.25, -0.2) is 4.98 Å². The molecular weight excluding hydrogens is 286 g/mol. The fourth-order valence-corrected chi connectivity index (χ4v) is 2.59. The van der Waals surface area contributed by atoms with Crippen molar-refractivity contribution in [2.24, 2.45) is 7.05 Å². The van der Waals surface area contributed by atoms with Crippen LogP contribution in [0.2, 0.25) is 0 Å². The number of hydrogen-bond donors (Lipinski definition) is 1. The zero-order valence-electron chi connectivity index (χ0n) is 13.0. The molecule has 4 nitrogen and oxygen atoms in total. The van der Waals surface area contributed by atoms with Crippen molar-refractivity contribution < 1.29 is 4.79 Å². The first-order valence-electron chi connectivity index (χ1n) is 7.59. The van der Waals surface area contributed by atoms with E-state index in [0.717, 1.165) is 17.0 Å². The molecule has 0 spiro atoms. The zero-order chi connectivity index (χ0) is 16.1. The minimum absolute atomic E-state index is 0.0203. The fraction of sp³-hybridized carbons (Fsp3) is 0.158. The highest BCUT2D eigenvalue weighted by molar-refractivity contribution is 5.79. The fourth-order valence-electron chi connectivity index (χ4n) is 2.59. The molecule has 1 aromatic heterocycles. The number of aromatic nitrogens is 2. The summed E-state index contributed by atoms with van der Waals surface area (Å²) in [6.45, 7) is 0. The van der Waals surface area contributed by atoms with Gasteiger partial charge < -0.3 is 9.88 Å². The van der Waals surface area contributed by atoms with E-state index in [1.165, 1.54) is 0 Å². The van der Waals surface area contributed by atoms with Gasteiger partial charge in [0.05, 0.1) is 6.42 Å². The summed E-state index contributed by atoms with van der Waals surface area (Å²) in [4.78, 5) is 16.9. The summed E-state index contributed by atoms with van der Waals surface area (Å²) >= 11 is 0. The van der Waals surface area contributed by atoms with Gasteiger partial charge in [-0.2, -0.15) is 0 Å². The van der Waals surface area contributed by atoms with E-state index in [0.29, 0.717) is 6.42 Å². The Morgan fingerprint density at radius 1 is 1.09 bits per heavy atom. The van der Waals surface area contributed by atoms with Crippen LogP contribution in [0, 0.1) is 0 Å². The van der Waals surface area contributed by atoms with Crippen LogP contribution in [0.5, 0.6) is 0 Å². The molecule has 116 valence electrons. The van der Waals surface area contributed by atoms with E-state index in [1.807, 2.05) is 78.5 Å². The van der Waals surface area contributed by atoms with E-state index in [-0.39, 0.29) is 11.9 Å². The van der Waals surface area contributed by atoms with Gasteiger partial charge >= 0.3 is 0 Å². The maximum absolute atomic E-state index is 12.5. The number of hydrogen-bond acceptors (Lipinski definition) is 2. The number of aryl methyl sites for hydroxylation is 1. The van der Waals surface area contributed by atoms with Gasteiger partial charge in [0.15, 0.2) is 0 Å². The lowest BCUT2D eigenvalue weighted by atomic mass is 10.1. The van der Waals surface area contributed by atoms with Crippen LogP contribution in [0.4, 0.5) is 0 Å². The standard InChI is InChI=1S/C19H19N3O/c1-22-13-12-20-19(22)18(16-10-6-3-7-11-16)21-17(23)14-15-8-4-2-5-9-15/h2-13,18H,14H2,1H3,(H,21,23)/t18-/m0/s1. The monoisotopic (exact) mass is 305 g/mol. The molecule has 0 bridgehead atoms. The molecular formula is C19H19N3O. The third kappa shape index (κ3) is 3.66. The van der Waals surface area contributed by atoms with Gasteiger partial charge in [-0.15, -0.1) is 0 Å². The molecule has 3 rings (SSSR count). The van der Waals surface area contributed by atoms with E-state index in [4.69, 9.17) is 0 Å². The second-order valence-electron chi connectivity index (χ2n) is 5.47. The largest absolute Gasteiger partial charge is 0.342 e. The molecule has 1 amide bonds. The summed E-state index contributed by atoms with van der Waals surface area (Å²) in [7, 11) is 1.93. The average molecular weight is 305 g/mol. The van der Waals surface area contributed by atoms with Crippen LogP contribution >= 0.6 is 0 Å². The molecule has 0 unspecified atom stereocenters. The Bertz CT molecular complexity index is 766. The van der Waals surface area contributed by atoms with Crippen molar-refractivity contribution in [3.63, 3.8) is 0 Å². The first-order chi connectivity index (χ1) is 11.2. The number of rotatable bonds is 5. The third-order valence-electron chi connectivity index (χ3n) is 3.76. The highest BCUT2D eigenvalue weighted by Gasteiger charge is 2.20. The molecule has 3 aromatic rings. The first-order valence-corrected chi connectivity index (χ1v) is 7.59. The van der Waals surface area contributed by atoms with Gasteiger partial charge in [0, 0.05) is 19.4 Å². The van der Waals surface area contributed by atoms with E-state index in [2.05, 4.69) is 10.3 Å². The van der Waals surface area contributed by atoms with Crippen molar-refractivity contribution in [2.75, 3.05) is 0 Å². The number of nitrogens with zero attached hydrogens (tertiary/aromatic N) is 2. The zero-order valence-corrected chi connectivity index (χ0v) is 13.0. The van der Waals surface area contributed by atoms with Crippen LogP contribution in [0.15, 0.2) is 73.1 Å². The van der Waals surface area contributed by atoms with Crippen LogP contribution in [0.25, 0.3) is 0 Å². The summed E-state index contributed by atoms with van der Waals surface area (Å²) in [5.41, 5.74) is 2.01. The summed E-state index contributed by atoms with van der Waals surface area (Å²) in [6, 6.07) is 19.4. The lowest BCUT2D eigenvalue weighted by Crippen LogP contribution is -2.32. The number of imidazole rings is 1. The van der Waals surface area contributed by atoms with Gasteiger partial charge in [0.2, 0.25) is 5.91 Å². The minimum atomic E-state index is -0.257.